The van der Waals surface area contributed by atoms with Crippen LogP contribution in [0.4, 0.5) is 17.1 Å². The third-order valence-electron chi connectivity index (χ3n) is 3.79. The Hall–Kier alpha value is -3.15. The van der Waals surface area contributed by atoms with E-state index in [0.29, 0.717) is 5.69 Å². The van der Waals surface area contributed by atoms with Gasteiger partial charge in [-0.2, -0.15) is 0 Å². The van der Waals surface area contributed by atoms with Gasteiger partial charge in [-0.3, -0.25) is 14.9 Å². The lowest BCUT2D eigenvalue weighted by Gasteiger charge is -2.12. The first-order valence-electron chi connectivity index (χ1n) is 7.11. The zero-order valence-corrected chi connectivity index (χ0v) is 12.7. The van der Waals surface area contributed by atoms with Gasteiger partial charge >= 0.3 is 0 Å². The molecule has 2 aromatic carbocycles. The molecule has 0 atom stereocenters. The number of nitro groups is 1. The summed E-state index contributed by atoms with van der Waals surface area (Å²) in [5, 5.41) is 14.9. The van der Waals surface area contributed by atoms with Gasteiger partial charge in [0.25, 0.3) is 11.2 Å². The summed E-state index contributed by atoms with van der Waals surface area (Å²) in [6.45, 7) is 3.80. The van der Waals surface area contributed by atoms with E-state index in [1.807, 2.05) is 32.0 Å². The van der Waals surface area contributed by atoms with Crippen LogP contribution in [0.15, 0.2) is 47.3 Å². The summed E-state index contributed by atoms with van der Waals surface area (Å²) in [4.78, 5) is 25.8. The molecule has 0 radical (unpaired) electrons. The number of hydrogen-bond acceptors (Lipinski definition) is 4. The normalized spacial score (nSPS) is 10.7. The molecule has 6 nitrogen and oxygen atoms in total. The topological polar surface area (TPSA) is 88.0 Å². The van der Waals surface area contributed by atoms with E-state index in [1.54, 1.807) is 18.2 Å². The molecule has 0 fully saturated rings. The van der Waals surface area contributed by atoms with Crippen LogP contribution in [0.3, 0.4) is 0 Å². The average molecular weight is 309 g/mol. The molecule has 116 valence electrons. The Bertz CT molecular complexity index is 976. The van der Waals surface area contributed by atoms with Gasteiger partial charge in [-0.05, 0) is 37.6 Å². The van der Waals surface area contributed by atoms with Gasteiger partial charge in [0.05, 0.1) is 4.92 Å². The van der Waals surface area contributed by atoms with Crippen LogP contribution in [-0.4, -0.2) is 9.91 Å². The van der Waals surface area contributed by atoms with Gasteiger partial charge in [0.1, 0.15) is 11.4 Å². The molecule has 3 rings (SSSR count). The number of nitro benzene ring substituents is 1. The molecule has 0 saturated heterocycles. The van der Waals surface area contributed by atoms with Crippen molar-refractivity contribution in [3.05, 3.63) is 74.1 Å². The number of aryl methyl sites for hydroxylation is 2. The van der Waals surface area contributed by atoms with E-state index in [1.165, 1.54) is 6.07 Å². The number of aromatic amines is 1. The minimum absolute atomic E-state index is 0.0735. The van der Waals surface area contributed by atoms with Crippen LogP contribution in [0.2, 0.25) is 0 Å². The van der Waals surface area contributed by atoms with Gasteiger partial charge in [-0.25, -0.2) is 0 Å². The number of benzene rings is 2. The zero-order valence-electron chi connectivity index (χ0n) is 12.7. The summed E-state index contributed by atoms with van der Waals surface area (Å²) in [5.74, 6) is 0. The highest BCUT2D eigenvalue weighted by atomic mass is 16.6. The highest BCUT2D eigenvalue weighted by Gasteiger charge is 2.16. The predicted octanol–water partition coefficient (Wildman–Crippen LogP) is 3.80. The molecular formula is C17H15N3O3. The Kier molecular flexibility index (Phi) is 3.57. The molecule has 23 heavy (non-hydrogen) atoms. The molecule has 2 N–H and O–H groups in total. The van der Waals surface area contributed by atoms with Gasteiger partial charge in [-0.1, -0.05) is 23.8 Å². The molecular weight excluding hydrogens is 294 g/mol. The molecule has 0 spiro atoms. The fourth-order valence-corrected chi connectivity index (χ4v) is 2.59. The fraction of sp³-hybridized carbons (Fsp3) is 0.118. The van der Waals surface area contributed by atoms with E-state index in [9.17, 15) is 14.9 Å². The minimum Gasteiger partial charge on any atom is -0.345 e. The zero-order chi connectivity index (χ0) is 16.6. The highest BCUT2D eigenvalue weighted by molar-refractivity contribution is 5.88. The second-order valence-electron chi connectivity index (χ2n) is 5.40. The van der Waals surface area contributed by atoms with E-state index >= 15 is 0 Å². The van der Waals surface area contributed by atoms with E-state index < -0.39 is 4.92 Å². The Morgan fingerprint density at radius 3 is 2.61 bits per heavy atom. The van der Waals surface area contributed by atoms with Crippen molar-refractivity contribution in [2.75, 3.05) is 5.32 Å². The smallest absolute Gasteiger partial charge is 0.292 e. The summed E-state index contributed by atoms with van der Waals surface area (Å²) < 4.78 is 0. The summed E-state index contributed by atoms with van der Waals surface area (Å²) >= 11 is 0. The average Bonchev–Trinajstić information content (AvgIpc) is 2.52. The number of para-hydroxylation sites is 2. The second-order valence-corrected chi connectivity index (χ2v) is 5.40. The third kappa shape index (κ3) is 2.66. The first kappa shape index (κ1) is 14.8. The van der Waals surface area contributed by atoms with Gasteiger partial charge in [-0.15, -0.1) is 0 Å². The predicted molar refractivity (Wildman–Crippen MR) is 90.4 cm³/mol. The molecule has 0 aliphatic carbocycles. The number of fused-ring (bicyclic) bond motifs is 1. The lowest BCUT2D eigenvalue weighted by atomic mass is 10.1. The Balaban J connectivity index is 2.18. The summed E-state index contributed by atoms with van der Waals surface area (Å²) in [6.07, 6.45) is 0. The Morgan fingerprint density at radius 2 is 1.87 bits per heavy atom. The molecule has 0 saturated carbocycles. The number of nitrogens with one attached hydrogen (secondary N) is 2. The van der Waals surface area contributed by atoms with Crippen LogP contribution in [-0.2, 0) is 0 Å². The van der Waals surface area contributed by atoms with Crippen molar-refractivity contribution in [3.63, 3.8) is 0 Å². The van der Waals surface area contributed by atoms with Crippen molar-refractivity contribution in [2.24, 2.45) is 0 Å². The Labute approximate surface area is 131 Å². The fourth-order valence-electron chi connectivity index (χ4n) is 2.59. The summed E-state index contributed by atoms with van der Waals surface area (Å²) in [5.41, 5.74) is 2.80. The molecule has 6 heteroatoms. The lowest BCUT2D eigenvalue weighted by Crippen LogP contribution is -2.14. The molecule has 1 heterocycles. The monoisotopic (exact) mass is 309 g/mol. The van der Waals surface area contributed by atoms with Crippen molar-refractivity contribution in [1.29, 1.82) is 0 Å². The quantitative estimate of drug-likeness (QED) is 0.569. The number of nitrogens with zero attached hydrogens (tertiary/aromatic N) is 1. The molecule has 3 aromatic rings. The van der Waals surface area contributed by atoms with E-state index in [-0.39, 0.29) is 16.9 Å². The van der Waals surface area contributed by atoms with Gasteiger partial charge < -0.3 is 10.3 Å². The number of pyridine rings is 1. The maximum Gasteiger partial charge on any atom is 0.292 e. The maximum absolute atomic E-state index is 12.3. The standard InChI is InChI=1S/C17H15N3O3/c1-10-7-8-13-12(9-10)11(2)16(17(21)19-13)18-14-5-3-4-6-15(14)20(22)23/h3-9,18H,1-2H3,(H,19,21). The molecule has 1 aromatic heterocycles. The van der Waals surface area contributed by atoms with Crippen molar-refractivity contribution < 1.29 is 4.92 Å². The van der Waals surface area contributed by atoms with Gasteiger partial charge in [0.2, 0.25) is 0 Å². The summed E-state index contributed by atoms with van der Waals surface area (Å²) in [6, 6.07) is 12.0. The van der Waals surface area contributed by atoms with Crippen LogP contribution in [0.1, 0.15) is 11.1 Å². The minimum atomic E-state index is -0.475. The number of anilines is 2. The van der Waals surface area contributed by atoms with Crippen molar-refractivity contribution in [3.8, 4) is 0 Å². The number of aromatic nitrogens is 1. The molecule has 0 aliphatic heterocycles. The highest BCUT2D eigenvalue weighted by Crippen LogP contribution is 2.29. The number of hydrogen-bond donors (Lipinski definition) is 2. The van der Waals surface area contributed by atoms with E-state index in [2.05, 4.69) is 10.3 Å². The first-order chi connectivity index (χ1) is 11.0. The van der Waals surface area contributed by atoms with E-state index in [4.69, 9.17) is 0 Å². The van der Waals surface area contributed by atoms with Crippen molar-refractivity contribution in [1.82, 2.24) is 4.98 Å². The second kappa shape index (κ2) is 5.57. The lowest BCUT2D eigenvalue weighted by molar-refractivity contribution is -0.383. The van der Waals surface area contributed by atoms with E-state index in [0.717, 1.165) is 22.0 Å². The van der Waals surface area contributed by atoms with Crippen LogP contribution in [0.25, 0.3) is 10.9 Å². The number of H-pyrrole nitrogens is 1. The van der Waals surface area contributed by atoms with Crippen LogP contribution in [0.5, 0.6) is 0 Å². The van der Waals surface area contributed by atoms with Crippen LogP contribution in [0, 0.1) is 24.0 Å². The largest absolute Gasteiger partial charge is 0.345 e. The maximum atomic E-state index is 12.3. The number of rotatable bonds is 3. The van der Waals surface area contributed by atoms with Gasteiger partial charge in [0.15, 0.2) is 0 Å². The third-order valence-corrected chi connectivity index (χ3v) is 3.79. The molecule has 0 aliphatic rings. The van der Waals surface area contributed by atoms with Crippen molar-refractivity contribution >= 4 is 28.0 Å². The molecule has 0 amide bonds. The first-order valence-corrected chi connectivity index (χ1v) is 7.11. The van der Waals surface area contributed by atoms with Crippen LogP contribution >= 0.6 is 0 Å². The van der Waals surface area contributed by atoms with Crippen LogP contribution < -0.4 is 10.9 Å². The Morgan fingerprint density at radius 1 is 1.13 bits per heavy atom. The SMILES string of the molecule is Cc1ccc2[nH]c(=O)c(Nc3ccccc3[N+](=O)[O-])c(C)c2c1. The molecule has 0 bridgehead atoms. The summed E-state index contributed by atoms with van der Waals surface area (Å²) in [7, 11) is 0. The van der Waals surface area contributed by atoms with Crippen molar-refractivity contribution in [2.45, 2.75) is 13.8 Å². The van der Waals surface area contributed by atoms with Gasteiger partial charge in [0, 0.05) is 17.0 Å². The molecule has 0 unspecified atom stereocenters.